The molecule has 1 aliphatic carbocycles. The minimum Gasteiger partial charge on any atom is -0.354 e. The minimum atomic E-state index is -0.192. The summed E-state index contributed by atoms with van der Waals surface area (Å²) in [6.45, 7) is 3.20. The average molecular weight is 417 g/mol. The summed E-state index contributed by atoms with van der Waals surface area (Å²) < 4.78 is 0. The van der Waals surface area contributed by atoms with E-state index in [2.05, 4.69) is 27.7 Å². The Labute approximate surface area is 180 Å². The van der Waals surface area contributed by atoms with Crippen LogP contribution in [0.5, 0.6) is 0 Å². The number of carbonyl (C=O) groups excluding carboxylic acids is 3. The fraction of sp³-hybridized carbons (Fsp3) is 0.609. The van der Waals surface area contributed by atoms with Gasteiger partial charge in [0.05, 0.1) is 19.1 Å². The third kappa shape index (κ3) is 7.88. The van der Waals surface area contributed by atoms with Crippen molar-refractivity contribution in [1.82, 2.24) is 20.4 Å². The van der Waals surface area contributed by atoms with Crippen LogP contribution in [0.2, 0.25) is 0 Å². The Morgan fingerprint density at radius 3 is 2.37 bits per heavy atom. The van der Waals surface area contributed by atoms with Crippen LogP contribution in [0.25, 0.3) is 0 Å². The molecule has 1 aromatic rings. The van der Waals surface area contributed by atoms with Gasteiger partial charge in [0, 0.05) is 13.1 Å². The Balaban J connectivity index is 1.77. The highest BCUT2D eigenvalue weighted by Gasteiger charge is 2.33. The monoisotopic (exact) mass is 416 g/mol. The molecule has 7 heteroatoms. The lowest BCUT2D eigenvalue weighted by molar-refractivity contribution is -0.126. The zero-order valence-corrected chi connectivity index (χ0v) is 18.7. The lowest BCUT2D eigenvalue weighted by Gasteiger charge is -2.38. The van der Waals surface area contributed by atoms with E-state index in [1.54, 1.807) is 25.9 Å². The number of Topliss-reactive ketones (excluding diaryl/α,β-unsaturated/α-hetero) is 1. The molecule has 1 atom stereocenters. The molecule has 0 bridgehead atoms. The normalized spacial score (nSPS) is 15.0. The largest absolute Gasteiger partial charge is 0.354 e. The predicted molar refractivity (Wildman–Crippen MR) is 118 cm³/mol. The van der Waals surface area contributed by atoms with Crippen molar-refractivity contribution < 1.29 is 14.4 Å². The zero-order chi connectivity index (χ0) is 22.1. The molecule has 0 radical (unpaired) electrons. The van der Waals surface area contributed by atoms with Gasteiger partial charge in [-0.15, -0.1) is 0 Å². The summed E-state index contributed by atoms with van der Waals surface area (Å²) in [6, 6.07) is 8.29. The number of nitrogens with one attached hydrogen (secondary N) is 2. The van der Waals surface area contributed by atoms with Gasteiger partial charge >= 0.3 is 0 Å². The second-order valence-electron chi connectivity index (χ2n) is 8.60. The Morgan fingerprint density at radius 2 is 1.77 bits per heavy atom. The van der Waals surface area contributed by atoms with Gasteiger partial charge in [0.1, 0.15) is 5.78 Å². The molecule has 2 N–H and O–H groups in total. The maximum absolute atomic E-state index is 12.1. The number of hydrogen-bond acceptors (Lipinski definition) is 5. The van der Waals surface area contributed by atoms with Crippen molar-refractivity contribution in [3.05, 3.63) is 35.4 Å². The predicted octanol–water partition coefficient (Wildman–Crippen LogP) is 1.21. The van der Waals surface area contributed by atoms with Gasteiger partial charge in [0.15, 0.2) is 0 Å². The molecule has 1 aliphatic rings. The summed E-state index contributed by atoms with van der Waals surface area (Å²) >= 11 is 0. The van der Waals surface area contributed by atoms with E-state index < -0.39 is 0 Å². The fourth-order valence-electron chi connectivity index (χ4n) is 3.96. The van der Waals surface area contributed by atoms with Crippen LogP contribution in [0.3, 0.4) is 0 Å². The van der Waals surface area contributed by atoms with E-state index in [9.17, 15) is 14.4 Å². The number of carbonyl (C=O) groups is 3. The number of nitrogens with zero attached hydrogens (tertiary/aromatic N) is 2. The standard InChI is InChI=1S/C23H36N4O3/c1-17(28)23(20-9-6-10-20)27(4)15-19-8-5-7-18(13-19)11-12-24-21(29)14-25-22(30)16-26(2)3/h5,7-8,13,20,23H,6,9-12,14-16H2,1-4H3,(H,24,29)(H,25,30). The number of likely N-dealkylation sites (N-methyl/N-ethyl adjacent to an activating group) is 2. The molecule has 2 amide bonds. The Kier molecular flexibility index (Phi) is 9.46. The molecule has 0 aromatic heterocycles. The van der Waals surface area contributed by atoms with Crippen LogP contribution in [0.4, 0.5) is 0 Å². The molecule has 1 fully saturated rings. The van der Waals surface area contributed by atoms with Crippen LogP contribution in [0.15, 0.2) is 24.3 Å². The van der Waals surface area contributed by atoms with Gasteiger partial charge in [-0.2, -0.15) is 0 Å². The van der Waals surface area contributed by atoms with Crippen LogP contribution < -0.4 is 10.6 Å². The van der Waals surface area contributed by atoms with Crippen molar-refractivity contribution in [2.24, 2.45) is 5.92 Å². The first kappa shape index (κ1) is 24.0. The maximum atomic E-state index is 12.1. The second kappa shape index (κ2) is 11.8. The number of rotatable bonds is 12. The molecule has 166 valence electrons. The summed E-state index contributed by atoms with van der Waals surface area (Å²) in [5, 5.41) is 5.45. The van der Waals surface area contributed by atoms with E-state index in [4.69, 9.17) is 0 Å². The smallest absolute Gasteiger partial charge is 0.239 e. The van der Waals surface area contributed by atoms with Gasteiger partial charge in [-0.1, -0.05) is 30.7 Å². The first-order valence-electron chi connectivity index (χ1n) is 10.7. The maximum Gasteiger partial charge on any atom is 0.239 e. The van der Waals surface area contributed by atoms with E-state index >= 15 is 0 Å². The quantitative estimate of drug-likeness (QED) is 0.535. The summed E-state index contributed by atoms with van der Waals surface area (Å²) in [7, 11) is 5.64. The number of amides is 2. The van der Waals surface area contributed by atoms with Gasteiger partial charge in [-0.25, -0.2) is 0 Å². The lowest BCUT2D eigenvalue weighted by atomic mass is 9.77. The van der Waals surface area contributed by atoms with E-state index in [0.29, 0.717) is 18.9 Å². The van der Waals surface area contributed by atoms with E-state index in [-0.39, 0.29) is 36.7 Å². The molecule has 1 saturated carbocycles. The third-order valence-corrected chi connectivity index (χ3v) is 5.55. The van der Waals surface area contributed by atoms with Crippen LogP contribution in [-0.2, 0) is 27.3 Å². The van der Waals surface area contributed by atoms with Crippen molar-refractivity contribution in [1.29, 1.82) is 0 Å². The summed E-state index contributed by atoms with van der Waals surface area (Å²) in [4.78, 5) is 39.5. The molecule has 0 saturated heterocycles. The molecular weight excluding hydrogens is 380 g/mol. The first-order valence-corrected chi connectivity index (χ1v) is 10.7. The Bertz CT molecular complexity index is 731. The first-order chi connectivity index (χ1) is 14.3. The molecule has 7 nitrogen and oxygen atoms in total. The third-order valence-electron chi connectivity index (χ3n) is 5.55. The van der Waals surface area contributed by atoms with E-state index in [1.807, 2.05) is 19.2 Å². The van der Waals surface area contributed by atoms with Crippen molar-refractivity contribution in [2.75, 3.05) is 40.8 Å². The van der Waals surface area contributed by atoms with Gasteiger partial charge in [0.2, 0.25) is 11.8 Å². The summed E-state index contributed by atoms with van der Waals surface area (Å²) in [5.74, 6) is 0.378. The number of ketones is 1. The fourth-order valence-corrected chi connectivity index (χ4v) is 3.96. The van der Waals surface area contributed by atoms with Gasteiger partial charge in [-0.3, -0.25) is 19.3 Å². The van der Waals surface area contributed by atoms with Crippen molar-refractivity contribution in [3.8, 4) is 0 Å². The van der Waals surface area contributed by atoms with Crippen molar-refractivity contribution in [3.63, 3.8) is 0 Å². The molecular formula is C23H36N4O3. The summed E-state index contributed by atoms with van der Waals surface area (Å²) in [6.07, 6.45) is 4.23. The van der Waals surface area contributed by atoms with Gasteiger partial charge in [0.25, 0.3) is 0 Å². The van der Waals surface area contributed by atoms with Crippen LogP contribution >= 0.6 is 0 Å². The highest BCUT2D eigenvalue weighted by atomic mass is 16.2. The van der Waals surface area contributed by atoms with Crippen molar-refractivity contribution >= 4 is 17.6 Å². The topological polar surface area (TPSA) is 81.8 Å². The van der Waals surface area contributed by atoms with Crippen LogP contribution in [0.1, 0.15) is 37.3 Å². The molecule has 0 spiro atoms. The average Bonchev–Trinajstić information content (AvgIpc) is 2.62. The number of benzene rings is 1. The summed E-state index contributed by atoms with van der Waals surface area (Å²) in [5.41, 5.74) is 2.31. The number of hydrogen-bond donors (Lipinski definition) is 2. The molecule has 0 heterocycles. The van der Waals surface area contributed by atoms with Gasteiger partial charge in [-0.05, 0) is 64.4 Å². The highest BCUT2D eigenvalue weighted by Crippen LogP contribution is 2.32. The molecule has 1 unspecified atom stereocenters. The van der Waals surface area contributed by atoms with Crippen LogP contribution in [-0.4, -0.2) is 74.2 Å². The zero-order valence-electron chi connectivity index (χ0n) is 18.7. The lowest BCUT2D eigenvalue weighted by Crippen LogP contribution is -2.45. The van der Waals surface area contributed by atoms with E-state index in [0.717, 1.165) is 24.9 Å². The molecule has 1 aromatic carbocycles. The van der Waals surface area contributed by atoms with Crippen LogP contribution in [0, 0.1) is 5.92 Å². The minimum absolute atomic E-state index is 0.00407. The highest BCUT2D eigenvalue weighted by molar-refractivity contribution is 5.85. The van der Waals surface area contributed by atoms with Gasteiger partial charge < -0.3 is 15.5 Å². The van der Waals surface area contributed by atoms with E-state index in [1.165, 1.54) is 12.0 Å². The molecule has 0 aliphatic heterocycles. The molecule has 30 heavy (non-hydrogen) atoms. The second-order valence-corrected chi connectivity index (χ2v) is 8.60. The van der Waals surface area contributed by atoms with Crippen molar-refractivity contribution in [2.45, 2.75) is 45.2 Å². The Hall–Kier alpha value is -2.25. The SMILES string of the molecule is CC(=O)C(C1CCC1)N(C)Cc1cccc(CCNC(=O)CNC(=O)CN(C)C)c1. The Morgan fingerprint density at radius 1 is 1.07 bits per heavy atom. The molecule has 2 rings (SSSR count).